The van der Waals surface area contributed by atoms with E-state index >= 15 is 0 Å². The summed E-state index contributed by atoms with van der Waals surface area (Å²) in [4.78, 5) is 14.0. The topological polar surface area (TPSA) is 34.4 Å². The summed E-state index contributed by atoms with van der Waals surface area (Å²) >= 11 is 0. The van der Waals surface area contributed by atoms with Crippen molar-refractivity contribution in [2.45, 2.75) is 20.8 Å². The number of carbonyl (C=O) groups excluding carboxylic acids is 1. The van der Waals surface area contributed by atoms with Gasteiger partial charge in [-0.05, 0) is 18.6 Å². The molecule has 3 nitrogen and oxygen atoms in total. The Labute approximate surface area is 153 Å². The Bertz CT molecular complexity index is 363. The van der Waals surface area contributed by atoms with Gasteiger partial charge in [-0.15, -0.1) is 13.1 Å². The van der Waals surface area contributed by atoms with Crippen LogP contribution in [0.5, 0.6) is 0 Å². The standard InChI is InChI=1S/C12H15N2O.C2H6.K/c1-10-4-2-3-5-11(10)12(15)14-8-6-13-7-9-14;1-2;/h2-5H,6-9H2,1H3;1-2H3;/q-1;;+1. The molecule has 1 aromatic rings. The quantitative estimate of drug-likeness (QED) is 0.655. The van der Waals surface area contributed by atoms with Crippen LogP contribution >= 0.6 is 0 Å². The summed E-state index contributed by atoms with van der Waals surface area (Å²) in [5, 5.41) is 4.23. The first-order valence-electron chi connectivity index (χ1n) is 6.27. The first-order valence-corrected chi connectivity index (χ1v) is 6.27. The Morgan fingerprint density at radius 3 is 2.28 bits per heavy atom. The third kappa shape index (κ3) is 5.11. The summed E-state index contributed by atoms with van der Waals surface area (Å²) in [6, 6.07) is 7.73. The Morgan fingerprint density at radius 1 is 1.17 bits per heavy atom. The minimum atomic E-state index is 0. The van der Waals surface area contributed by atoms with Gasteiger partial charge in [0.05, 0.1) is 0 Å². The molecule has 0 unspecified atom stereocenters. The predicted octanol–water partition coefficient (Wildman–Crippen LogP) is -0.145. The monoisotopic (exact) mass is 272 g/mol. The minimum Gasteiger partial charge on any atom is -0.659 e. The summed E-state index contributed by atoms with van der Waals surface area (Å²) in [6.07, 6.45) is 0. The molecule has 1 saturated heterocycles. The molecule has 0 saturated carbocycles. The minimum absolute atomic E-state index is 0. The van der Waals surface area contributed by atoms with Gasteiger partial charge in [-0.25, -0.2) is 0 Å². The summed E-state index contributed by atoms with van der Waals surface area (Å²) < 4.78 is 0. The van der Waals surface area contributed by atoms with Crippen molar-refractivity contribution in [1.29, 1.82) is 0 Å². The first-order chi connectivity index (χ1) is 8.29. The molecule has 1 aliphatic rings. The smallest absolute Gasteiger partial charge is 0.659 e. The van der Waals surface area contributed by atoms with Crippen LogP contribution in [0.4, 0.5) is 0 Å². The normalized spacial score (nSPS) is 14.1. The number of rotatable bonds is 1. The Morgan fingerprint density at radius 2 is 1.72 bits per heavy atom. The summed E-state index contributed by atoms with van der Waals surface area (Å²) in [6.45, 7) is 9.04. The fraction of sp³-hybridized carbons (Fsp3) is 0.500. The van der Waals surface area contributed by atoms with E-state index in [9.17, 15) is 4.79 Å². The van der Waals surface area contributed by atoms with Crippen molar-refractivity contribution in [3.05, 3.63) is 40.7 Å². The number of carbonyl (C=O) groups is 1. The number of aryl methyl sites for hydroxylation is 1. The second-order valence-electron chi connectivity index (χ2n) is 3.78. The van der Waals surface area contributed by atoms with Gasteiger partial charge in [-0.2, -0.15) is 0 Å². The zero-order chi connectivity index (χ0) is 12.7. The van der Waals surface area contributed by atoms with Crippen molar-refractivity contribution in [1.82, 2.24) is 4.90 Å². The molecule has 1 aromatic carbocycles. The molecule has 1 fully saturated rings. The van der Waals surface area contributed by atoms with Crippen molar-refractivity contribution >= 4 is 5.91 Å². The molecule has 1 amide bonds. The van der Waals surface area contributed by atoms with Crippen molar-refractivity contribution in [3.63, 3.8) is 0 Å². The third-order valence-electron chi connectivity index (χ3n) is 2.72. The van der Waals surface area contributed by atoms with Gasteiger partial charge in [-0.1, -0.05) is 32.0 Å². The van der Waals surface area contributed by atoms with E-state index in [0.717, 1.165) is 37.3 Å². The summed E-state index contributed by atoms with van der Waals surface area (Å²) in [7, 11) is 0. The number of hydrogen-bond acceptors (Lipinski definition) is 1. The van der Waals surface area contributed by atoms with Crippen LogP contribution in [-0.2, 0) is 0 Å². The van der Waals surface area contributed by atoms with Gasteiger partial charge in [0.15, 0.2) is 0 Å². The molecule has 0 aromatic heterocycles. The van der Waals surface area contributed by atoms with Crippen LogP contribution in [0.25, 0.3) is 5.32 Å². The van der Waals surface area contributed by atoms with Crippen LogP contribution in [0.15, 0.2) is 24.3 Å². The van der Waals surface area contributed by atoms with E-state index in [-0.39, 0.29) is 57.3 Å². The molecule has 0 atom stereocenters. The summed E-state index contributed by atoms with van der Waals surface area (Å²) in [5.41, 5.74) is 1.87. The van der Waals surface area contributed by atoms with Crippen LogP contribution in [0, 0.1) is 6.92 Å². The van der Waals surface area contributed by atoms with Crippen molar-refractivity contribution in [2.75, 3.05) is 26.2 Å². The van der Waals surface area contributed by atoms with Crippen molar-refractivity contribution in [3.8, 4) is 0 Å². The molecule has 4 heteroatoms. The van der Waals surface area contributed by atoms with Gasteiger partial charge in [0.2, 0.25) is 0 Å². The summed E-state index contributed by atoms with van der Waals surface area (Å²) in [5.74, 6) is 0.142. The number of amides is 1. The molecule has 94 valence electrons. The molecule has 1 aliphatic heterocycles. The van der Waals surface area contributed by atoms with Gasteiger partial charge < -0.3 is 10.2 Å². The fourth-order valence-corrected chi connectivity index (χ4v) is 1.79. The van der Waals surface area contributed by atoms with Gasteiger partial charge in [0, 0.05) is 18.7 Å². The number of piperazine rings is 1. The molecular formula is C14H21KN2O. The van der Waals surface area contributed by atoms with Crippen LogP contribution in [0.3, 0.4) is 0 Å². The van der Waals surface area contributed by atoms with E-state index in [1.54, 1.807) is 0 Å². The largest absolute Gasteiger partial charge is 1.00 e. The number of nitrogens with zero attached hydrogens (tertiary/aromatic N) is 2. The fourth-order valence-electron chi connectivity index (χ4n) is 1.79. The molecule has 0 spiro atoms. The van der Waals surface area contributed by atoms with Gasteiger partial charge in [0.25, 0.3) is 5.91 Å². The van der Waals surface area contributed by atoms with Gasteiger partial charge in [0.1, 0.15) is 0 Å². The molecule has 18 heavy (non-hydrogen) atoms. The number of benzene rings is 1. The molecule has 0 N–H and O–H groups in total. The second-order valence-corrected chi connectivity index (χ2v) is 3.78. The molecule has 0 aliphatic carbocycles. The maximum Gasteiger partial charge on any atom is 1.00 e. The average Bonchev–Trinajstić information content (AvgIpc) is 2.42. The zero-order valence-corrected chi connectivity index (χ0v) is 15.1. The Balaban J connectivity index is 0.000000917. The van der Waals surface area contributed by atoms with Crippen molar-refractivity contribution < 1.29 is 56.2 Å². The number of hydrogen-bond donors (Lipinski definition) is 0. The maximum atomic E-state index is 12.1. The second kappa shape index (κ2) is 10.1. The first kappa shape index (κ1) is 18.3. The van der Waals surface area contributed by atoms with Crippen LogP contribution in [0.2, 0.25) is 0 Å². The molecule has 2 rings (SSSR count). The van der Waals surface area contributed by atoms with Gasteiger partial charge in [-0.3, -0.25) is 4.79 Å². The van der Waals surface area contributed by atoms with Gasteiger partial charge >= 0.3 is 51.4 Å². The molecule has 0 bridgehead atoms. The van der Waals surface area contributed by atoms with E-state index in [1.807, 2.05) is 49.9 Å². The van der Waals surface area contributed by atoms with E-state index in [1.165, 1.54) is 0 Å². The van der Waals surface area contributed by atoms with Crippen molar-refractivity contribution in [2.24, 2.45) is 0 Å². The average molecular weight is 272 g/mol. The Hall–Kier alpha value is 0.286. The third-order valence-corrected chi connectivity index (χ3v) is 2.72. The van der Waals surface area contributed by atoms with Crippen LogP contribution in [0.1, 0.15) is 29.8 Å². The predicted molar refractivity (Wildman–Crippen MR) is 71.5 cm³/mol. The van der Waals surface area contributed by atoms with Crippen LogP contribution in [-0.4, -0.2) is 37.0 Å². The Kier molecular flexibility index (Phi) is 10.3. The van der Waals surface area contributed by atoms with E-state index < -0.39 is 0 Å². The van der Waals surface area contributed by atoms with Crippen LogP contribution < -0.4 is 51.4 Å². The SMILES string of the molecule is CC.Cc1ccccc1C(=O)N1CC[N-]CC1.[K+]. The zero-order valence-electron chi connectivity index (χ0n) is 11.9. The van der Waals surface area contributed by atoms with E-state index in [0.29, 0.717) is 0 Å². The van der Waals surface area contributed by atoms with E-state index in [2.05, 4.69) is 5.32 Å². The molecular weight excluding hydrogens is 251 g/mol. The maximum absolute atomic E-state index is 12.1. The van der Waals surface area contributed by atoms with E-state index in [4.69, 9.17) is 0 Å². The molecule has 1 heterocycles. The molecule has 0 radical (unpaired) electrons.